The van der Waals surface area contributed by atoms with Gasteiger partial charge >= 0.3 is 5.70 Å². The van der Waals surface area contributed by atoms with Crippen LogP contribution in [-0.2, 0) is 4.79 Å². The van der Waals surface area contributed by atoms with E-state index in [2.05, 4.69) is 9.98 Å². The number of pyridine rings is 1. The Labute approximate surface area is 115 Å². The van der Waals surface area contributed by atoms with Crippen LogP contribution < -0.4 is 10.5 Å². The molecule has 1 atom stereocenters. The molecule has 0 saturated carbocycles. The molecule has 0 aliphatic rings. The zero-order valence-electron chi connectivity index (χ0n) is 10.8. The number of ether oxygens (including phenoxy) is 1. The topological polar surface area (TPSA) is 121 Å². The molecule has 1 aromatic rings. The summed E-state index contributed by atoms with van der Waals surface area (Å²) in [5, 5.41) is 10.6. The number of nitrogens with zero attached hydrogens (tertiary/aromatic N) is 3. The van der Waals surface area contributed by atoms with Gasteiger partial charge in [-0.25, -0.2) is 4.98 Å². The summed E-state index contributed by atoms with van der Waals surface area (Å²) in [5.74, 6) is 0.316. The number of nitrogens with two attached hydrogens (primary N) is 1. The third kappa shape index (κ3) is 3.87. The van der Waals surface area contributed by atoms with Crippen LogP contribution in [0.5, 0.6) is 5.88 Å². The van der Waals surface area contributed by atoms with Crippen LogP contribution in [0.3, 0.4) is 0 Å². The molecule has 0 aliphatic carbocycles. The van der Waals surface area contributed by atoms with E-state index in [4.69, 9.17) is 10.5 Å². The highest BCUT2D eigenvalue weighted by molar-refractivity contribution is 5.75. The van der Waals surface area contributed by atoms with Gasteiger partial charge in [0.1, 0.15) is 12.5 Å². The summed E-state index contributed by atoms with van der Waals surface area (Å²) < 4.78 is 5.08. The van der Waals surface area contributed by atoms with Gasteiger partial charge in [0.05, 0.1) is 24.3 Å². The van der Waals surface area contributed by atoms with Crippen LogP contribution in [0, 0.1) is 10.1 Å². The van der Waals surface area contributed by atoms with E-state index in [0.717, 1.165) is 12.4 Å². The molecule has 1 heterocycles. The second-order valence-corrected chi connectivity index (χ2v) is 3.65. The standard InChI is InChI=1S/C12H14N4O4/c1-20-12-10(3-2-5-14-12)11(4-6-17)15-8-9(7-13)16(18)19/h2-3,5-8,11H,4,13H2,1H3. The van der Waals surface area contributed by atoms with Gasteiger partial charge in [-0.15, -0.1) is 0 Å². The number of aliphatic imine (C=N–C) groups is 1. The van der Waals surface area contributed by atoms with Crippen molar-refractivity contribution in [3.05, 3.63) is 45.9 Å². The number of hydrogen-bond donors (Lipinski definition) is 1. The minimum atomic E-state index is -0.665. The normalized spacial score (nSPS) is 13.2. The number of hydrogen-bond acceptors (Lipinski definition) is 7. The fourth-order valence-corrected chi connectivity index (χ4v) is 1.50. The van der Waals surface area contributed by atoms with Gasteiger partial charge in [-0.1, -0.05) is 0 Å². The van der Waals surface area contributed by atoms with Crippen molar-refractivity contribution in [1.82, 2.24) is 4.98 Å². The monoisotopic (exact) mass is 278 g/mol. The maximum absolute atomic E-state index is 10.7. The molecule has 20 heavy (non-hydrogen) atoms. The van der Waals surface area contributed by atoms with Gasteiger partial charge in [-0.05, 0) is 12.1 Å². The molecule has 8 heteroatoms. The molecular weight excluding hydrogens is 264 g/mol. The molecule has 0 bridgehead atoms. The molecule has 0 saturated heterocycles. The molecule has 2 N–H and O–H groups in total. The minimum Gasteiger partial charge on any atom is -0.481 e. The first kappa shape index (κ1) is 15.3. The average molecular weight is 278 g/mol. The number of nitro groups is 1. The Balaban J connectivity index is 3.09. The largest absolute Gasteiger partial charge is 0.481 e. The van der Waals surface area contributed by atoms with Crippen LogP contribution in [0.2, 0.25) is 0 Å². The van der Waals surface area contributed by atoms with Gasteiger partial charge < -0.3 is 15.3 Å². The van der Waals surface area contributed by atoms with Gasteiger partial charge in [0.25, 0.3) is 0 Å². The predicted octanol–water partition coefficient (Wildman–Crippen LogP) is 0.868. The number of rotatable bonds is 7. The van der Waals surface area contributed by atoms with Crippen LogP contribution >= 0.6 is 0 Å². The maximum atomic E-state index is 10.7. The molecule has 1 aromatic heterocycles. The van der Waals surface area contributed by atoms with E-state index in [0.29, 0.717) is 17.7 Å². The number of aromatic nitrogens is 1. The Hall–Kier alpha value is -2.77. The van der Waals surface area contributed by atoms with Crippen molar-refractivity contribution < 1.29 is 14.5 Å². The Bertz CT molecular complexity index is 542. The lowest BCUT2D eigenvalue weighted by Gasteiger charge is -2.12. The molecular formula is C12H14N4O4. The van der Waals surface area contributed by atoms with Crippen molar-refractivity contribution in [1.29, 1.82) is 0 Å². The van der Waals surface area contributed by atoms with Crippen LogP contribution in [-0.4, -0.2) is 29.5 Å². The maximum Gasteiger partial charge on any atom is 0.302 e. The van der Waals surface area contributed by atoms with Crippen molar-refractivity contribution in [2.24, 2.45) is 10.7 Å². The fourth-order valence-electron chi connectivity index (χ4n) is 1.50. The molecule has 0 aromatic carbocycles. The van der Waals surface area contributed by atoms with E-state index in [-0.39, 0.29) is 12.1 Å². The van der Waals surface area contributed by atoms with E-state index in [1.165, 1.54) is 13.3 Å². The Morgan fingerprint density at radius 2 is 2.45 bits per heavy atom. The number of carbonyl (C=O) groups excluding carboxylic acids is 1. The smallest absolute Gasteiger partial charge is 0.302 e. The van der Waals surface area contributed by atoms with E-state index < -0.39 is 11.0 Å². The Morgan fingerprint density at radius 3 is 3.00 bits per heavy atom. The van der Waals surface area contributed by atoms with Gasteiger partial charge in [0.15, 0.2) is 0 Å². The number of allylic oxidation sites excluding steroid dienone is 1. The van der Waals surface area contributed by atoms with Crippen LogP contribution in [0.4, 0.5) is 0 Å². The second-order valence-electron chi connectivity index (χ2n) is 3.65. The lowest BCUT2D eigenvalue weighted by atomic mass is 10.1. The van der Waals surface area contributed by atoms with Gasteiger partial charge in [-0.2, -0.15) is 0 Å². The SMILES string of the molecule is COc1ncccc1C(CC=O)N=CC(=CN)[N+](=O)[O-]. The second kappa shape index (κ2) is 7.62. The van der Waals surface area contributed by atoms with Crippen molar-refractivity contribution in [2.75, 3.05) is 7.11 Å². The highest BCUT2D eigenvalue weighted by atomic mass is 16.6. The van der Waals surface area contributed by atoms with E-state index >= 15 is 0 Å². The quantitative estimate of drug-likeness (QED) is 0.342. The van der Waals surface area contributed by atoms with Crippen LogP contribution in [0.1, 0.15) is 18.0 Å². The highest BCUT2D eigenvalue weighted by Crippen LogP contribution is 2.27. The van der Waals surface area contributed by atoms with Crippen LogP contribution in [0.25, 0.3) is 0 Å². The summed E-state index contributed by atoms with van der Waals surface area (Å²) in [6.45, 7) is 0. The average Bonchev–Trinajstić information content (AvgIpc) is 2.46. The van der Waals surface area contributed by atoms with E-state index in [9.17, 15) is 14.9 Å². The number of aldehydes is 1. The fraction of sp³-hybridized carbons (Fsp3) is 0.250. The summed E-state index contributed by atoms with van der Waals surface area (Å²) in [6.07, 6.45) is 4.11. The molecule has 1 unspecified atom stereocenters. The van der Waals surface area contributed by atoms with E-state index in [1.807, 2.05) is 0 Å². The predicted molar refractivity (Wildman–Crippen MR) is 72.0 cm³/mol. The van der Waals surface area contributed by atoms with Crippen molar-refractivity contribution >= 4 is 12.5 Å². The van der Waals surface area contributed by atoms with Crippen LogP contribution in [0.15, 0.2) is 35.2 Å². The lowest BCUT2D eigenvalue weighted by Crippen LogP contribution is -2.06. The summed E-state index contributed by atoms with van der Waals surface area (Å²) in [7, 11) is 1.44. The molecule has 0 spiro atoms. The molecule has 0 amide bonds. The molecule has 0 radical (unpaired) electrons. The first-order valence-electron chi connectivity index (χ1n) is 5.66. The Morgan fingerprint density at radius 1 is 1.70 bits per heavy atom. The molecule has 0 fully saturated rings. The molecule has 8 nitrogen and oxygen atoms in total. The summed E-state index contributed by atoms with van der Waals surface area (Å²) in [5.41, 5.74) is 5.34. The van der Waals surface area contributed by atoms with E-state index in [1.54, 1.807) is 12.1 Å². The third-order valence-electron chi connectivity index (χ3n) is 2.44. The zero-order chi connectivity index (χ0) is 15.0. The lowest BCUT2D eigenvalue weighted by molar-refractivity contribution is -0.414. The summed E-state index contributed by atoms with van der Waals surface area (Å²) in [4.78, 5) is 28.7. The first-order valence-corrected chi connectivity index (χ1v) is 5.66. The Kier molecular flexibility index (Phi) is 5.82. The zero-order valence-corrected chi connectivity index (χ0v) is 10.8. The molecule has 0 aliphatic heterocycles. The third-order valence-corrected chi connectivity index (χ3v) is 2.44. The van der Waals surface area contributed by atoms with Gasteiger partial charge in [0.2, 0.25) is 5.88 Å². The minimum absolute atomic E-state index is 0.0497. The molecule has 1 rings (SSSR count). The summed E-state index contributed by atoms with van der Waals surface area (Å²) >= 11 is 0. The highest BCUT2D eigenvalue weighted by Gasteiger charge is 2.16. The number of carbonyl (C=O) groups is 1. The van der Waals surface area contributed by atoms with Crippen molar-refractivity contribution in [3.8, 4) is 5.88 Å². The number of methoxy groups -OCH3 is 1. The van der Waals surface area contributed by atoms with Crippen molar-refractivity contribution in [2.45, 2.75) is 12.5 Å². The first-order chi connectivity index (χ1) is 9.63. The van der Waals surface area contributed by atoms with Crippen molar-refractivity contribution in [3.63, 3.8) is 0 Å². The summed E-state index contributed by atoms with van der Waals surface area (Å²) in [6, 6.07) is 2.74. The molecule has 106 valence electrons. The van der Waals surface area contributed by atoms with Gasteiger partial charge in [-0.3, -0.25) is 15.1 Å². The van der Waals surface area contributed by atoms with Gasteiger partial charge in [0, 0.05) is 18.2 Å².